The van der Waals surface area contributed by atoms with Gasteiger partial charge in [0.1, 0.15) is 0 Å². The predicted molar refractivity (Wildman–Crippen MR) is 36.6 cm³/mol. The summed E-state index contributed by atoms with van der Waals surface area (Å²) in [5, 5.41) is 2.31. The van der Waals surface area contributed by atoms with Gasteiger partial charge in [0.15, 0.2) is 0 Å². The smallest absolute Gasteiger partial charge is 0.0488 e. The predicted octanol–water partition coefficient (Wildman–Crippen LogP) is 0.873. The van der Waals surface area contributed by atoms with E-state index in [-0.39, 0.29) is 0 Å². The molecule has 0 saturated carbocycles. The minimum atomic E-state index is 0.707. The van der Waals surface area contributed by atoms with Crippen molar-refractivity contribution in [3.8, 4) is 0 Å². The van der Waals surface area contributed by atoms with Crippen LogP contribution in [-0.2, 0) is 0 Å². The molecule has 1 unspecified atom stereocenters. The summed E-state index contributed by atoms with van der Waals surface area (Å²) in [6, 6.07) is 0.707. The lowest BCUT2D eigenvalue weighted by atomic mass is 10.1. The number of hydrogen-bond donors (Lipinski definition) is 1. The molecule has 0 aromatic carbocycles. The largest absolute Gasteiger partial charge is 0.326 e. The second-order valence-electron chi connectivity index (χ2n) is 2.74. The quantitative estimate of drug-likeness (QED) is 0.515. The molecule has 0 aliphatic carbocycles. The third kappa shape index (κ3) is 0.833. The Bertz CT molecular complexity index is 131. The summed E-state index contributed by atoms with van der Waals surface area (Å²) in [6.07, 6.45) is 8.39. The summed E-state index contributed by atoms with van der Waals surface area (Å²) in [6.45, 7) is 1.22. The molecule has 9 heavy (non-hydrogen) atoms. The van der Waals surface area contributed by atoms with E-state index < -0.39 is 0 Å². The van der Waals surface area contributed by atoms with Crippen molar-refractivity contribution in [2.75, 3.05) is 6.54 Å². The van der Waals surface area contributed by atoms with Crippen molar-refractivity contribution in [1.29, 1.82) is 0 Å². The standard InChI is InChI=1S/C7H12N2/c1-2-6-9-7(3-1)4-5-8-9/h4-5,7-8H,1-3,6H2. The van der Waals surface area contributed by atoms with Gasteiger partial charge in [-0.15, -0.1) is 0 Å². The van der Waals surface area contributed by atoms with Crippen molar-refractivity contribution in [1.82, 2.24) is 10.4 Å². The van der Waals surface area contributed by atoms with Crippen molar-refractivity contribution < 1.29 is 0 Å². The molecule has 1 N–H and O–H groups in total. The van der Waals surface area contributed by atoms with Gasteiger partial charge in [0.25, 0.3) is 0 Å². The van der Waals surface area contributed by atoms with Gasteiger partial charge in [0.05, 0.1) is 0 Å². The van der Waals surface area contributed by atoms with Crippen LogP contribution in [0.1, 0.15) is 19.3 Å². The number of nitrogens with one attached hydrogen (secondary N) is 1. The molecule has 2 heteroatoms. The Morgan fingerprint density at radius 3 is 3.33 bits per heavy atom. The first-order valence-electron chi connectivity index (χ1n) is 3.66. The molecule has 0 radical (unpaired) electrons. The molecule has 0 aromatic rings. The number of piperidine rings is 1. The number of hydrazine groups is 1. The molecule has 2 aliphatic heterocycles. The molecular weight excluding hydrogens is 112 g/mol. The molecule has 1 fully saturated rings. The second-order valence-corrected chi connectivity index (χ2v) is 2.74. The number of hydrogen-bond acceptors (Lipinski definition) is 2. The van der Waals surface area contributed by atoms with Gasteiger partial charge in [-0.1, -0.05) is 6.42 Å². The summed E-state index contributed by atoms with van der Waals surface area (Å²) in [7, 11) is 0. The monoisotopic (exact) mass is 124 g/mol. The Morgan fingerprint density at radius 2 is 2.44 bits per heavy atom. The third-order valence-electron chi connectivity index (χ3n) is 2.11. The minimum absolute atomic E-state index is 0.707. The summed E-state index contributed by atoms with van der Waals surface area (Å²) >= 11 is 0. The van der Waals surface area contributed by atoms with E-state index in [1.54, 1.807) is 0 Å². The highest BCUT2D eigenvalue weighted by Gasteiger charge is 2.21. The van der Waals surface area contributed by atoms with Gasteiger partial charge < -0.3 is 5.43 Å². The lowest BCUT2D eigenvalue weighted by Crippen LogP contribution is -2.40. The molecule has 1 saturated heterocycles. The zero-order valence-corrected chi connectivity index (χ0v) is 5.51. The van der Waals surface area contributed by atoms with Crippen LogP contribution < -0.4 is 5.43 Å². The maximum Gasteiger partial charge on any atom is 0.0488 e. The summed E-state index contributed by atoms with van der Waals surface area (Å²) in [5.74, 6) is 0. The van der Waals surface area contributed by atoms with Crippen LogP contribution in [0.2, 0.25) is 0 Å². The van der Waals surface area contributed by atoms with E-state index in [1.165, 1.54) is 25.8 Å². The molecule has 0 amide bonds. The molecular formula is C7H12N2. The van der Waals surface area contributed by atoms with Gasteiger partial charge in [0.2, 0.25) is 0 Å². The van der Waals surface area contributed by atoms with Gasteiger partial charge in [-0.25, -0.2) is 5.01 Å². The second kappa shape index (κ2) is 2.03. The fourth-order valence-electron chi connectivity index (χ4n) is 1.57. The van der Waals surface area contributed by atoms with E-state index >= 15 is 0 Å². The van der Waals surface area contributed by atoms with Crippen LogP contribution in [0.25, 0.3) is 0 Å². The zero-order valence-electron chi connectivity index (χ0n) is 5.51. The van der Waals surface area contributed by atoms with Gasteiger partial charge in [-0.3, -0.25) is 0 Å². The maximum absolute atomic E-state index is 3.21. The van der Waals surface area contributed by atoms with Crippen LogP contribution in [0.4, 0.5) is 0 Å². The van der Waals surface area contributed by atoms with Crippen molar-refractivity contribution >= 4 is 0 Å². The normalized spacial score (nSPS) is 34.0. The summed E-state index contributed by atoms with van der Waals surface area (Å²) in [5.41, 5.74) is 3.21. The molecule has 2 heterocycles. The lowest BCUT2D eigenvalue weighted by molar-refractivity contribution is 0.156. The average molecular weight is 124 g/mol. The van der Waals surface area contributed by atoms with Gasteiger partial charge >= 0.3 is 0 Å². The van der Waals surface area contributed by atoms with Crippen LogP contribution in [0.5, 0.6) is 0 Å². The van der Waals surface area contributed by atoms with Crippen LogP contribution >= 0.6 is 0 Å². The van der Waals surface area contributed by atoms with E-state index in [2.05, 4.69) is 22.7 Å². The van der Waals surface area contributed by atoms with Crippen molar-refractivity contribution in [3.05, 3.63) is 12.3 Å². The topological polar surface area (TPSA) is 15.3 Å². The first kappa shape index (κ1) is 5.30. The fourth-order valence-corrected chi connectivity index (χ4v) is 1.57. The highest BCUT2D eigenvalue weighted by Crippen LogP contribution is 2.18. The first-order valence-corrected chi connectivity index (χ1v) is 3.66. The highest BCUT2D eigenvalue weighted by atomic mass is 15.5. The van der Waals surface area contributed by atoms with Crippen LogP contribution in [-0.4, -0.2) is 17.6 Å². The first-order chi connectivity index (χ1) is 4.47. The van der Waals surface area contributed by atoms with Crippen LogP contribution in [0.15, 0.2) is 12.3 Å². The third-order valence-corrected chi connectivity index (χ3v) is 2.11. The molecule has 0 aromatic heterocycles. The van der Waals surface area contributed by atoms with E-state index in [0.717, 1.165) is 0 Å². The van der Waals surface area contributed by atoms with Crippen LogP contribution in [0, 0.1) is 0 Å². The summed E-state index contributed by atoms with van der Waals surface area (Å²) in [4.78, 5) is 0. The van der Waals surface area contributed by atoms with E-state index in [1.807, 2.05) is 0 Å². The average Bonchev–Trinajstić information content (AvgIpc) is 2.33. The van der Waals surface area contributed by atoms with E-state index in [4.69, 9.17) is 0 Å². The fraction of sp³-hybridized carbons (Fsp3) is 0.714. The van der Waals surface area contributed by atoms with E-state index in [9.17, 15) is 0 Å². The Hall–Kier alpha value is -0.500. The molecule has 1 atom stereocenters. The van der Waals surface area contributed by atoms with Gasteiger partial charge in [0, 0.05) is 18.8 Å². The van der Waals surface area contributed by atoms with Gasteiger partial charge in [-0.2, -0.15) is 0 Å². The molecule has 0 bridgehead atoms. The molecule has 0 spiro atoms. The van der Waals surface area contributed by atoms with Crippen molar-refractivity contribution in [2.24, 2.45) is 0 Å². The Balaban J connectivity index is 2.03. The van der Waals surface area contributed by atoms with Crippen molar-refractivity contribution in [2.45, 2.75) is 25.3 Å². The summed E-state index contributed by atoms with van der Waals surface area (Å²) < 4.78 is 0. The SMILES string of the molecule is C1=CC2CCCCN2N1. The Kier molecular flexibility index (Phi) is 1.19. The molecule has 50 valence electrons. The van der Waals surface area contributed by atoms with Crippen molar-refractivity contribution in [3.63, 3.8) is 0 Å². The Morgan fingerprint density at radius 1 is 1.44 bits per heavy atom. The maximum atomic E-state index is 3.21. The van der Waals surface area contributed by atoms with E-state index in [0.29, 0.717) is 6.04 Å². The lowest BCUT2D eigenvalue weighted by Gasteiger charge is -2.28. The van der Waals surface area contributed by atoms with Crippen LogP contribution in [0.3, 0.4) is 0 Å². The Labute approximate surface area is 55.5 Å². The molecule has 2 nitrogen and oxygen atoms in total. The number of fused-ring (bicyclic) bond motifs is 1. The minimum Gasteiger partial charge on any atom is -0.326 e. The zero-order chi connectivity index (χ0) is 6.10. The molecule has 2 aliphatic rings. The highest BCUT2D eigenvalue weighted by molar-refractivity contribution is 4.99. The number of rotatable bonds is 0. The number of nitrogens with zero attached hydrogens (tertiary/aromatic N) is 1. The van der Waals surface area contributed by atoms with Gasteiger partial charge in [-0.05, 0) is 18.9 Å². The molecule has 2 rings (SSSR count).